The highest BCUT2D eigenvalue weighted by molar-refractivity contribution is 6.30. The highest BCUT2D eigenvalue weighted by Gasteiger charge is 2.01. The molecule has 0 saturated heterocycles. The summed E-state index contributed by atoms with van der Waals surface area (Å²) in [5, 5.41) is 0.712. The molecule has 1 radical (unpaired) electrons. The summed E-state index contributed by atoms with van der Waals surface area (Å²) in [7, 11) is 0. The molecule has 0 amide bonds. The van der Waals surface area contributed by atoms with E-state index in [1.54, 1.807) is 0 Å². The first-order valence-corrected chi connectivity index (χ1v) is 4.37. The van der Waals surface area contributed by atoms with Gasteiger partial charge in [-0.1, -0.05) is 24.6 Å². The Balaban J connectivity index is 2.95. The van der Waals surface area contributed by atoms with Crippen LogP contribution in [0.15, 0.2) is 18.2 Å². The Morgan fingerprint density at radius 3 is 2.83 bits per heavy atom. The minimum Gasteiger partial charge on any atom is -0.494 e. The van der Waals surface area contributed by atoms with Crippen LogP contribution in [0.4, 0.5) is 0 Å². The van der Waals surface area contributed by atoms with Gasteiger partial charge in [0, 0.05) is 5.02 Å². The Hall–Kier alpha value is -0.690. The monoisotopic (exact) mass is 183 g/mol. The molecule has 0 aliphatic rings. The summed E-state index contributed by atoms with van der Waals surface area (Å²) in [6.07, 6.45) is 2.00. The van der Waals surface area contributed by atoms with Crippen LogP contribution in [-0.2, 0) is 0 Å². The van der Waals surface area contributed by atoms with Crippen molar-refractivity contribution in [2.75, 3.05) is 6.61 Å². The van der Waals surface area contributed by atoms with Crippen LogP contribution in [0.3, 0.4) is 0 Å². The zero-order valence-corrected chi connectivity index (χ0v) is 8.06. The third-order valence-electron chi connectivity index (χ3n) is 1.59. The van der Waals surface area contributed by atoms with Gasteiger partial charge in [0.05, 0.1) is 6.61 Å². The Morgan fingerprint density at radius 2 is 2.25 bits per heavy atom. The van der Waals surface area contributed by atoms with Gasteiger partial charge in [0.1, 0.15) is 5.75 Å². The van der Waals surface area contributed by atoms with Gasteiger partial charge in [0.15, 0.2) is 0 Å². The fourth-order valence-electron chi connectivity index (χ4n) is 1.03. The van der Waals surface area contributed by atoms with Crippen molar-refractivity contribution in [2.45, 2.75) is 13.8 Å². The van der Waals surface area contributed by atoms with Gasteiger partial charge in [-0.2, -0.15) is 0 Å². The van der Waals surface area contributed by atoms with Crippen LogP contribution in [0.5, 0.6) is 5.75 Å². The van der Waals surface area contributed by atoms with Crippen molar-refractivity contribution in [3.05, 3.63) is 35.2 Å². The molecule has 1 nitrogen and oxygen atoms in total. The summed E-state index contributed by atoms with van der Waals surface area (Å²) in [5.74, 6) is 0.854. The van der Waals surface area contributed by atoms with Crippen LogP contribution in [0.25, 0.3) is 0 Å². The second-order valence-corrected chi connectivity index (χ2v) is 2.84. The fourth-order valence-corrected chi connectivity index (χ4v) is 1.19. The Bertz CT molecular complexity index is 258. The van der Waals surface area contributed by atoms with Crippen LogP contribution in [0.1, 0.15) is 19.4 Å². The van der Waals surface area contributed by atoms with Crippen LogP contribution < -0.4 is 4.74 Å². The SMILES string of the molecule is C[CH]c1ccc(Cl)cc1OCC. The molecule has 0 atom stereocenters. The van der Waals surface area contributed by atoms with Crippen LogP contribution in [0.2, 0.25) is 5.02 Å². The lowest BCUT2D eigenvalue weighted by Gasteiger charge is -2.07. The quantitative estimate of drug-likeness (QED) is 0.699. The first kappa shape index (κ1) is 9.40. The lowest BCUT2D eigenvalue weighted by Crippen LogP contribution is -1.94. The van der Waals surface area contributed by atoms with Crippen LogP contribution in [-0.4, -0.2) is 6.61 Å². The Kier molecular flexibility index (Phi) is 3.42. The van der Waals surface area contributed by atoms with E-state index in [-0.39, 0.29) is 0 Å². The van der Waals surface area contributed by atoms with E-state index in [9.17, 15) is 0 Å². The summed E-state index contributed by atoms with van der Waals surface area (Å²) >= 11 is 5.82. The van der Waals surface area contributed by atoms with Gasteiger partial charge in [0.2, 0.25) is 0 Å². The minimum absolute atomic E-state index is 0.668. The van der Waals surface area contributed by atoms with Crippen LogP contribution >= 0.6 is 11.6 Å². The van der Waals surface area contributed by atoms with Crippen molar-refractivity contribution in [3.63, 3.8) is 0 Å². The van der Waals surface area contributed by atoms with Gasteiger partial charge in [-0.05, 0) is 31.0 Å². The summed E-state index contributed by atoms with van der Waals surface area (Å²) in [6.45, 7) is 4.60. The fraction of sp³-hybridized carbons (Fsp3) is 0.300. The standard InChI is InChI=1S/C10H12ClO/c1-3-8-5-6-9(11)7-10(8)12-4-2/h3,5-7H,4H2,1-2H3. The van der Waals surface area contributed by atoms with Crippen molar-refractivity contribution in [3.8, 4) is 5.75 Å². The first-order valence-electron chi connectivity index (χ1n) is 3.99. The zero-order chi connectivity index (χ0) is 8.97. The van der Waals surface area contributed by atoms with Gasteiger partial charge < -0.3 is 4.74 Å². The number of rotatable bonds is 3. The maximum Gasteiger partial charge on any atom is 0.124 e. The van der Waals surface area contributed by atoms with E-state index in [1.165, 1.54) is 0 Å². The molecule has 0 aromatic heterocycles. The normalized spacial score (nSPS) is 9.92. The average molecular weight is 184 g/mol. The molecule has 1 rings (SSSR count). The van der Waals surface area contributed by atoms with Gasteiger partial charge in [0.25, 0.3) is 0 Å². The van der Waals surface area contributed by atoms with Crippen molar-refractivity contribution in [1.82, 2.24) is 0 Å². The molecule has 0 saturated carbocycles. The number of benzene rings is 1. The smallest absolute Gasteiger partial charge is 0.124 e. The molecule has 0 aliphatic heterocycles. The lowest BCUT2D eigenvalue weighted by molar-refractivity contribution is 0.338. The number of hydrogen-bond acceptors (Lipinski definition) is 1. The third-order valence-corrected chi connectivity index (χ3v) is 1.82. The molecule has 65 valence electrons. The molecule has 0 N–H and O–H groups in total. The Labute approximate surface area is 78.3 Å². The van der Waals surface area contributed by atoms with Crippen molar-refractivity contribution < 1.29 is 4.74 Å². The van der Waals surface area contributed by atoms with Gasteiger partial charge >= 0.3 is 0 Å². The first-order chi connectivity index (χ1) is 5.77. The summed E-state index contributed by atoms with van der Waals surface area (Å²) < 4.78 is 5.39. The molecule has 1 aromatic rings. The predicted molar refractivity (Wildman–Crippen MR) is 51.7 cm³/mol. The molecule has 0 fully saturated rings. The zero-order valence-electron chi connectivity index (χ0n) is 7.30. The maximum atomic E-state index is 5.82. The molecule has 12 heavy (non-hydrogen) atoms. The van der Waals surface area contributed by atoms with Gasteiger partial charge in [-0.3, -0.25) is 0 Å². The van der Waals surface area contributed by atoms with Crippen LogP contribution in [0, 0.1) is 6.42 Å². The van der Waals surface area contributed by atoms with E-state index >= 15 is 0 Å². The molecule has 0 unspecified atom stereocenters. The predicted octanol–water partition coefficient (Wildman–Crippen LogP) is 3.31. The van der Waals surface area contributed by atoms with E-state index in [2.05, 4.69) is 0 Å². The third kappa shape index (κ3) is 2.15. The summed E-state index contributed by atoms with van der Waals surface area (Å²) in [4.78, 5) is 0. The number of halogens is 1. The van der Waals surface area contributed by atoms with E-state index in [1.807, 2.05) is 38.5 Å². The second-order valence-electron chi connectivity index (χ2n) is 2.40. The molecule has 2 heteroatoms. The van der Waals surface area contributed by atoms with Crippen molar-refractivity contribution >= 4 is 11.6 Å². The van der Waals surface area contributed by atoms with Crippen molar-refractivity contribution in [2.24, 2.45) is 0 Å². The maximum absolute atomic E-state index is 5.82. The van der Waals surface area contributed by atoms with E-state index in [4.69, 9.17) is 16.3 Å². The van der Waals surface area contributed by atoms with Crippen molar-refractivity contribution in [1.29, 1.82) is 0 Å². The molecule has 0 spiro atoms. The topological polar surface area (TPSA) is 9.23 Å². The average Bonchev–Trinajstić information content (AvgIpc) is 2.05. The minimum atomic E-state index is 0.668. The summed E-state index contributed by atoms with van der Waals surface area (Å²) in [5.41, 5.74) is 1.08. The highest BCUT2D eigenvalue weighted by atomic mass is 35.5. The molecular weight excluding hydrogens is 172 g/mol. The molecule has 0 heterocycles. The molecule has 1 aromatic carbocycles. The lowest BCUT2D eigenvalue weighted by atomic mass is 10.1. The molecular formula is C10H12ClO. The van der Waals surface area contributed by atoms with Gasteiger partial charge in [-0.15, -0.1) is 0 Å². The Morgan fingerprint density at radius 1 is 1.50 bits per heavy atom. The molecule has 0 bridgehead atoms. The van der Waals surface area contributed by atoms with E-state index < -0.39 is 0 Å². The molecule has 0 aliphatic carbocycles. The number of ether oxygens (including phenoxy) is 1. The van der Waals surface area contributed by atoms with E-state index in [0.717, 1.165) is 11.3 Å². The number of hydrogen-bond donors (Lipinski definition) is 0. The summed E-state index contributed by atoms with van der Waals surface area (Å²) in [6, 6.07) is 5.65. The highest BCUT2D eigenvalue weighted by Crippen LogP contribution is 2.24. The second kappa shape index (κ2) is 4.36. The largest absolute Gasteiger partial charge is 0.494 e. The van der Waals surface area contributed by atoms with Gasteiger partial charge in [-0.25, -0.2) is 0 Å². The van der Waals surface area contributed by atoms with E-state index in [0.29, 0.717) is 11.6 Å².